The van der Waals surface area contributed by atoms with Crippen LogP contribution in [0.25, 0.3) is 0 Å². The Morgan fingerprint density at radius 1 is 1.21 bits per heavy atom. The number of benzene rings is 2. The lowest BCUT2D eigenvalue weighted by Crippen LogP contribution is -2.38. The molecule has 0 spiro atoms. The number of nitrogens with one attached hydrogen (secondary N) is 1. The van der Waals surface area contributed by atoms with Crippen molar-refractivity contribution in [3.05, 3.63) is 63.6 Å². The smallest absolute Gasteiger partial charge is 0.231 e. The highest BCUT2D eigenvalue weighted by molar-refractivity contribution is 9.10. The summed E-state index contributed by atoms with van der Waals surface area (Å²) < 4.78 is 1.03. The molecule has 1 saturated carbocycles. The van der Waals surface area contributed by atoms with Crippen LogP contribution in [0.3, 0.4) is 0 Å². The second-order valence-electron chi connectivity index (χ2n) is 6.97. The molecule has 0 aliphatic heterocycles. The summed E-state index contributed by atoms with van der Waals surface area (Å²) in [6.07, 6.45) is 4.99. The van der Waals surface area contributed by atoms with Crippen LogP contribution in [0.2, 0.25) is 0 Å². The fourth-order valence-corrected chi connectivity index (χ4v) is 4.24. The number of amides is 1. The summed E-state index contributed by atoms with van der Waals surface area (Å²) in [6, 6.07) is 14.3. The van der Waals surface area contributed by atoms with Crippen molar-refractivity contribution < 1.29 is 4.79 Å². The van der Waals surface area contributed by atoms with Crippen molar-refractivity contribution in [2.75, 3.05) is 5.73 Å². The first kappa shape index (κ1) is 15.7. The van der Waals surface area contributed by atoms with Gasteiger partial charge >= 0.3 is 0 Å². The third kappa shape index (κ3) is 2.73. The largest absolute Gasteiger partial charge is 0.399 e. The average Bonchev–Trinajstić information content (AvgIpc) is 3.36. The highest BCUT2D eigenvalue weighted by Crippen LogP contribution is 2.49. The van der Waals surface area contributed by atoms with Gasteiger partial charge in [-0.1, -0.05) is 34.1 Å². The number of anilines is 1. The van der Waals surface area contributed by atoms with Crippen LogP contribution in [0, 0.1) is 0 Å². The fourth-order valence-electron chi connectivity index (χ4n) is 3.84. The topological polar surface area (TPSA) is 55.1 Å². The average molecular weight is 385 g/mol. The zero-order valence-corrected chi connectivity index (χ0v) is 15.1. The molecule has 124 valence electrons. The van der Waals surface area contributed by atoms with Gasteiger partial charge in [-0.3, -0.25) is 4.79 Å². The van der Waals surface area contributed by atoms with Gasteiger partial charge in [-0.25, -0.2) is 0 Å². The van der Waals surface area contributed by atoms with Crippen molar-refractivity contribution in [2.45, 2.75) is 43.6 Å². The third-order valence-corrected chi connectivity index (χ3v) is 5.84. The first-order valence-corrected chi connectivity index (χ1v) is 9.33. The van der Waals surface area contributed by atoms with E-state index in [0.717, 1.165) is 47.8 Å². The number of aryl methyl sites for hydroxylation is 1. The molecular formula is C20H21BrN2O. The van der Waals surface area contributed by atoms with E-state index in [4.69, 9.17) is 5.73 Å². The number of hydrogen-bond acceptors (Lipinski definition) is 2. The number of nitrogens with two attached hydrogens (primary N) is 1. The molecule has 3 nitrogen and oxygen atoms in total. The summed E-state index contributed by atoms with van der Waals surface area (Å²) in [4.78, 5) is 13.0. The van der Waals surface area contributed by atoms with Gasteiger partial charge in [-0.15, -0.1) is 0 Å². The molecule has 0 heterocycles. The normalized spacial score (nSPS) is 21.0. The second kappa shape index (κ2) is 5.92. The van der Waals surface area contributed by atoms with Crippen LogP contribution in [0.1, 0.15) is 48.4 Å². The van der Waals surface area contributed by atoms with Crippen LogP contribution < -0.4 is 11.1 Å². The van der Waals surface area contributed by atoms with Gasteiger partial charge in [-0.05, 0) is 73.1 Å². The lowest BCUT2D eigenvalue weighted by Gasteiger charge is -2.28. The molecule has 2 aliphatic carbocycles. The van der Waals surface area contributed by atoms with E-state index < -0.39 is 0 Å². The van der Waals surface area contributed by atoms with E-state index in [1.165, 1.54) is 11.1 Å². The molecule has 3 N–H and O–H groups in total. The molecule has 1 amide bonds. The number of nitrogen functional groups attached to an aromatic ring is 1. The Bertz CT molecular complexity index is 798. The van der Waals surface area contributed by atoms with E-state index in [0.29, 0.717) is 0 Å². The quantitative estimate of drug-likeness (QED) is 0.776. The summed E-state index contributed by atoms with van der Waals surface area (Å²) in [5.74, 6) is 0.162. The Morgan fingerprint density at radius 3 is 2.79 bits per heavy atom. The highest BCUT2D eigenvalue weighted by atomic mass is 79.9. The minimum Gasteiger partial charge on any atom is -0.399 e. The standard InChI is InChI=1S/C20H21BrN2O/c21-15-5-2-4-14(12-15)20(9-10-20)19(24)23-18-6-1-3-13-11-16(22)7-8-17(13)18/h2,4-5,7-8,11-12,18H,1,3,6,9-10,22H2,(H,23,24). The van der Waals surface area contributed by atoms with Crippen molar-refractivity contribution in [2.24, 2.45) is 0 Å². The molecule has 24 heavy (non-hydrogen) atoms. The lowest BCUT2D eigenvalue weighted by atomic mass is 9.86. The van der Waals surface area contributed by atoms with Crippen molar-refractivity contribution >= 4 is 27.5 Å². The summed E-state index contributed by atoms with van der Waals surface area (Å²) in [5, 5.41) is 3.32. The van der Waals surface area contributed by atoms with E-state index in [-0.39, 0.29) is 17.4 Å². The first-order valence-electron chi connectivity index (χ1n) is 8.54. The van der Waals surface area contributed by atoms with Gasteiger partial charge in [0.2, 0.25) is 5.91 Å². The molecule has 2 aromatic rings. The third-order valence-electron chi connectivity index (χ3n) is 5.35. The lowest BCUT2D eigenvalue weighted by molar-refractivity contribution is -0.124. The molecule has 1 unspecified atom stereocenters. The number of fused-ring (bicyclic) bond motifs is 1. The van der Waals surface area contributed by atoms with E-state index >= 15 is 0 Å². The molecule has 0 saturated heterocycles. The number of halogens is 1. The molecule has 4 rings (SSSR count). The molecular weight excluding hydrogens is 364 g/mol. The molecule has 1 fully saturated rings. The van der Waals surface area contributed by atoms with Gasteiger partial charge in [0.05, 0.1) is 11.5 Å². The number of rotatable bonds is 3. The number of carbonyl (C=O) groups excluding carboxylic acids is 1. The molecule has 2 aromatic carbocycles. The van der Waals surface area contributed by atoms with Crippen LogP contribution >= 0.6 is 15.9 Å². The summed E-state index contributed by atoms with van der Waals surface area (Å²) in [5.41, 5.74) is 9.99. The molecule has 0 bridgehead atoms. The van der Waals surface area contributed by atoms with E-state index in [1.54, 1.807) is 0 Å². The van der Waals surface area contributed by atoms with Crippen LogP contribution in [-0.2, 0) is 16.6 Å². The predicted molar refractivity (Wildman–Crippen MR) is 99.7 cm³/mol. The molecule has 1 atom stereocenters. The number of carbonyl (C=O) groups is 1. The van der Waals surface area contributed by atoms with Gasteiger partial charge in [0.1, 0.15) is 0 Å². The monoisotopic (exact) mass is 384 g/mol. The number of hydrogen-bond donors (Lipinski definition) is 2. The minimum atomic E-state index is -0.338. The van der Waals surface area contributed by atoms with Gasteiger partial charge in [0.15, 0.2) is 0 Å². The molecule has 2 aliphatic rings. The van der Waals surface area contributed by atoms with Crippen LogP contribution in [-0.4, -0.2) is 5.91 Å². The Morgan fingerprint density at radius 2 is 2.04 bits per heavy atom. The van der Waals surface area contributed by atoms with Crippen molar-refractivity contribution in [1.29, 1.82) is 0 Å². The van der Waals surface area contributed by atoms with Gasteiger partial charge in [0.25, 0.3) is 0 Å². The predicted octanol–water partition coefficient (Wildman–Crippen LogP) is 4.26. The van der Waals surface area contributed by atoms with Crippen molar-refractivity contribution in [3.63, 3.8) is 0 Å². The van der Waals surface area contributed by atoms with Crippen molar-refractivity contribution in [3.8, 4) is 0 Å². The Labute approximate surface area is 150 Å². The van der Waals surface area contributed by atoms with Crippen molar-refractivity contribution in [1.82, 2.24) is 5.32 Å². The Balaban J connectivity index is 1.57. The summed E-state index contributed by atoms with van der Waals surface area (Å²) in [6.45, 7) is 0. The maximum atomic E-state index is 13.0. The zero-order valence-electron chi connectivity index (χ0n) is 13.5. The van der Waals surface area contributed by atoms with E-state index in [9.17, 15) is 4.79 Å². The second-order valence-corrected chi connectivity index (χ2v) is 7.88. The van der Waals surface area contributed by atoms with Gasteiger partial charge < -0.3 is 11.1 Å². The SMILES string of the molecule is Nc1ccc2c(c1)CCCC2NC(=O)C1(c2cccc(Br)c2)CC1. The molecule has 0 aromatic heterocycles. The van der Waals surface area contributed by atoms with Crippen LogP contribution in [0.4, 0.5) is 5.69 Å². The maximum Gasteiger partial charge on any atom is 0.231 e. The molecule has 0 radical (unpaired) electrons. The molecule has 4 heteroatoms. The van der Waals surface area contributed by atoms with E-state index in [1.807, 2.05) is 18.2 Å². The van der Waals surface area contributed by atoms with Gasteiger partial charge in [-0.2, -0.15) is 0 Å². The fraction of sp³-hybridized carbons (Fsp3) is 0.350. The summed E-state index contributed by atoms with van der Waals surface area (Å²) in [7, 11) is 0. The maximum absolute atomic E-state index is 13.0. The zero-order chi connectivity index (χ0) is 16.7. The Hall–Kier alpha value is -1.81. The van der Waals surface area contributed by atoms with Crippen LogP contribution in [0.5, 0.6) is 0 Å². The van der Waals surface area contributed by atoms with Gasteiger partial charge in [0, 0.05) is 10.2 Å². The summed E-state index contributed by atoms with van der Waals surface area (Å²) >= 11 is 3.51. The minimum absolute atomic E-state index is 0.103. The highest BCUT2D eigenvalue weighted by Gasteiger charge is 2.51. The van der Waals surface area contributed by atoms with E-state index in [2.05, 4.69) is 45.5 Å². The van der Waals surface area contributed by atoms with Crippen LogP contribution in [0.15, 0.2) is 46.9 Å². The first-order chi connectivity index (χ1) is 11.6. The Kier molecular flexibility index (Phi) is 3.87.